The molecule has 1 aliphatic heterocycles. The van der Waals surface area contributed by atoms with Crippen LogP contribution in [0.4, 0.5) is 14.5 Å². The first kappa shape index (κ1) is 33.6. The minimum absolute atomic E-state index is 0.0593. The summed E-state index contributed by atoms with van der Waals surface area (Å²) in [7, 11) is -4.83. The Morgan fingerprint density at radius 1 is 1.18 bits per heavy atom. The molecule has 1 saturated carbocycles. The number of alkyl halides is 2. The number of benzene rings is 1. The fourth-order valence-electron chi connectivity index (χ4n) is 4.66. The topological polar surface area (TPSA) is 151 Å². The molecule has 0 bridgehead atoms. The SMILES string of the molecule is CCOC(=O)CN(C(=O)[C@H](CNC(=O)c1ccc(Cl)s1)NS(=O)(=O)c1cccc(N2CCCCC2=O)c1OC(F)F)C1CC1. The van der Waals surface area contributed by atoms with E-state index in [1.807, 2.05) is 0 Å². The van der Waals surface area contributed by atoms with Gasteiger partial charge in [-0.05, 0) is 56.9 Å². The molecule has 2 aromatic rings. The van der Waals surface area contributed by atoms with Gasteiger partial charge in [-0.3, -0.25) is 19.2 Å². The Bertz CT molecular complexity index is 1500. The van der Waals surface area contributed by atoms with Crippen LogP contribution in [0.1, 0.15) is 48.7 Å². The van der Waals surface area contributed by atoms with Gasteiger partial charge in [0, 0.05) is 25.6 Å². The molecule has 0 radical (unpaired) electrons. The molecule has 2 N–H and O–H groups in total. The van der Waals surface area contributed by atoms with Gasteiger partial charge in [0.15, 0.2) is 5.75 Å². The summed E-state index contributed by atoms with van der Waals surface area (Å²) < 4.78 is 66.9. The summed E-state index contributed by atoms with van der Waals surface area (Å²) in [5, 5.41) is 2.49. The molecular weight excluding hydrogens is 646 g/mol. The molecule has 1 atom stereocenters. The average molecular weight is 677 g/mol. The van der Waals surface area contributed by atoms with E-state index >= 15 is 0 Å². The normalized spacial score (nSPS) is 16.0. The molecule has 17 heteroatoms. The van der Waals surface area contributed by atoms with Gasteiger partial charge in [-0.1, -0.05) is 17.7 Å². The maximum atomic E-state index is 13.8. The van der Waals surface area contributed by atoms with Crippen LogP contribution in [0.15, 0.2) is 35.2 Å². The Morgan fingerprint density at radius 2 is 1.93 bits per heavy atom. The number of carbonyl (C=O) groups is 4. The number of piperidine rings is 1. The fraction of sp³-hybridized carbons (Fsp3) is 0.481. The van der Waals surface area contributed by atoms with Gasteiger partial charge in [0.2, 0.25) is 21.8 Å². The van der Waals surface area contributed by atoms with E-state index in [1.54, 1.807) is 6.92 Å². The molecule has 44 heavy (non-hydrogen) atoms. The number of halogens is 3. The van der Waals surface area contributed by atoms with Crippen LogP contribution in [0, 0.1) is 0 Å². The highest BCUT2D eigenvalue weighted by Crippen LogP contribution is 2.38. The van der Waals surface area contributed by atoms with Gasteiger partial charge in [0.25, 0.3) is 5.91 Å². The van der Waals surface area contributed by atoms with Crippen molar-refractivity contribution in [1.29, 1.82) is 0 Å². The minimum atomic E-state index is -4.83. The predicted octanol–water partition coefficient (Wildman–Crippen LogP) is 3.15. The number of rotatable bonds is 14. The third-order valence-corrected chi connectivity index (χ3v) is 9.53. The highest BCUT2D eigenvalue weighted by atomic mass is 35.5. The zero-order valence-corrected chi connectivity index (χ0v) is 26.0. The van der Waals surface area contributed by atoms with Crippen molar-refractivity contribution in [2.24, 2.45) is 0 Å². The van der Waals surface area contributed by atoms with E-state index < -0.39 is 64.2 Å². The van der Waals surface area contributed by atoms with Crippen LogP contribution in [0.25, 0.3) is 0 Å². The number of nitrogens with one attached hydrogen (secondary N) is 2. The minimum Gasteiger partial charge on any atom is -0.465 e. The molecule has 3 amide bonds. The quantitative estimate of drug-likeness (QED) is 0.290. The van der Waals surface area contributed by atoms with E-state index in [2.05, 4.69) is 14.8 Å². The summed E-state index contributed by atoms with van der Waals surface area (Å²) in [5.74, 6) is -3.35. The van der Waals surface area contributed by atoms with Gasteiger partial charge in [0.1, 0.15) is 17.5 Å². The molecular formula is C27H31ClF2N4O8S2. The summed E-state index contributed by atoms with van der Waals surface area (Å²) in [6, 6.07) is 4.46. The number of para-hydroxylation sites is 1. The Labute approximate surface area is 261 Å². The van der Waals surface area contributed by atoms with Gasteiger partial charge in [-0.25, -0.2) is 8.42 Å². The lowest BCUT2D eigenvalue weighted by molar-refractivity contribution is -0.149. The second-order valence-corrected chi connectivity index (χ2v) is 13.4. The first-order valence-electron chi connectivity index (χ1n) is 13.8. The number of sulfonamides is 1. The maximum absolute atomic E-state index is 13.8. The largest absolute Gasteiger partial charge is 0.465 e. The number of ether oxygens (including phenoxy) is 2. The molecule has 1 aromatic carbocycles. The molecule has 1 aromatic heterocycles. The lowest BCUT2D eigenvalue weighted by Gasteiger charge is -2.30. The van der Waals surface area contributed by atoms with Crippen LogP contribution in [-0.2, 0) is 29.1 Å². The number of hydrogen-bond donors (Lipinski definition) is 2. The van der Waals surface area contributed by atoms with Crippen molar-refractivity contribution in [3.8, 4) is 5.75 Å². The summed E-state index contributed by atoms with van der Waals surface area (Å²) >= 11 is 6.87. The zero-order valence-electron chi connectivity index (χ0n) is 23.6. The first-order valence-corrected chi connectivity index (χ1v) is 16.5. The van der Waals surface area contributed by atoms with Crippen LogP contribution in [0.5, 0.6) is 5.75 Å². The number of carbonyl (C=O) groups excluding carboxylic acids is 4. The Kier molecular flexibility index (Phi) is 11.2. The molecule has 0 spiro atoms. The van der Waals surface area contributed by atoms with Crippen molar-refractivity contribution in [2.45, 2.75) is 62.6 Å². The lowest BCUT2D eigenvalue weighted by Crippen LogP contribution is -2.55. The number of amides is 3. The van der Waals surface area contributed by atoms with E-state index in [0.717, 1.165) is 17.4 Å². The van der Waals surface area contributed by atoms with Crippen LogP contribution < -0.4 is 19.7 Å². The molecule has 2 fully saturated rings. The summed E-state index contributed by atoms with van der Waals surface area (Å²) in [6.45, 7) is -2.64. The number of nitrogens with zero attached hydrogens (tertiary/aromatic N) is 2. The highest BCUT2D eigenvalue weighted by Gasteiger charge is 2.40. The third-order valence-electron chi connectivity index (χ3n) is 6.80. The van der Waals surface area contributed by atoms with Gasteiger partial charge >= 0.3 is 12.6 Å². The summed E-state index contributed by atoms with van der Waals surface area (Å²) in [4.78, 5) is 53.2. The van der Waals surface area contributed by atoms with Crippen LogP contribution in [0.3, 0.4) is 0 Å². The number of anilines is 1. The highest BCUT2D eigenvalue weighted by molar-refractivity contribution is 7.89. The molecule has 1 saturated heterocycles. The van der Waals surface area contributed by atoms with Gasteiger partial charge in [-0.2, -0.15) is 13.5 Å². The van der Waals surface area contributed by atoms with Crippen molar-refractivity contribution >= 4 is 62.3 Å². The fourth-order valence-corrected chi connectivity index (χ4v) is 6.96. The monoisotopic (exact) mass is 676 g/mol. The molecule has 2 aliphatic rings. The smallest absolute Gasteiger partial charge is 0.387 e. The van der Waals surface area contributed by atoms with Crippen molar-refractivity contribution in [2.75, 3.05) is 31.1 Å². The second kappa shape index (κ2) is 14.6. The summed E-state index contributed by atoms with van der Waals surface area (Å²) in [6.07, 6.45) is 2.42. The number of hydrogen-bond acceptors (Lipinski definition) is 9. The molecule has 2 heterocycles. The number of esters is 1. The lowest BCUT2D eigenvalue weighted by atomic mass is 10.1. The molecule has 1 aliphatic carbocycles. The second-order valence-electron chi connectivity index (χ2n) is 9.98. The Balaban J connectivity index is 1.68. The Hall–Kier alpha value is -3.34. The van der Waals surface area contributed by atoms with Gasteiger partial charge in [-0.15, -0.1) is 11.3 Å². The van der Waals surface area contributed by atoms with E-state index in [1.165, 1.54) is 34.1 Å². The van der Waals surface area contributed by atoms with Crippen LogP contribution >= 0.6 is 22.9 Å². The molecule has 12 nitrogen and oxygen atoms in total. The zero-order chi connectivity index (χ0) is 32.0. The van der Waals surface area contributed by atoms with Gasteiger partial charge in [0.05, 0.1) is 21.5 Å². The van der Waals surface area contributed by atoms with Crippen LogP contribution in [-0.4, -0.2) is 81.9 Å². The summed E-state index contributed by atoms with van der Waals surface area (Å²) in [5.41, 5.74) is -0.162. The maximum Gasteiger partial charge on any atom is 0.387 e. The predicted molar refractivity (Wildman–Crippen MR) is 156 cm³/mol. The molecule has 0 unspecified atom stereocenters. The average Bonchev–Trinajstić information content (AvgIpc) is 3.72. The van der Waals surface area contributed by atoms with Crippen molar-refractivity contribution in [1.82, 2.24) is 14.9 Å². The molecule has 240 valence electrons. The molecule has 4 rings (SSSR count). The van der Waals surface area contributed by atoms with Crippen molar-refractivity contribution in [3.63, 3.8) is 0 Å². The van der Waals surface area contributed by atoms with E-state index in [4.69, 9.17) is 16.3 Å². The number of thiophene rings is 1. The van der Waals surface area contributed by atoms with Crippen molar-refractivity contribution < 1.29 is 45.9 Å². The van der Waals surface area contributed by atoms with E-state index in [-0.39, 0.29) is 42.1 Å². The standard InChI is InChI=1S/C27H31ClF2N4O8S2/c1-2-41-23(36)15-34(16-9-10-16)26(38)17(14-31-25(37)19-11-12-21(28)43-19)32-44(39,40)20-7-5-6-18(24(20)42-27(29)30)33-13-4-3-8-22(33)35/h5-7,11-12,16-17,27,32H,2-4,8-10,13-15H2,1H3,(H,31,37)/t17-/m0/s1. The Morgan fingerprint density at radius 3 is 2.55 bits per heavy atom. The first-order chi connectivity index (χ1) is 20.9. The van der Waals surface area contributed by atoms with Gasteiger partial charge < -0.3 is 24.6 Å². The third kappa shape index (κ3) is 8.43. The van der Waals surface area contributed by atoms with Crippen LogP contribution in [0.2, 0.25) is 4.34 Å². The van der Waals surface area contributed by atoms with E-state index in [9.17, 15) is 36.4 Å². The van der Waals surface area contributed by atoms with Crippen molar-refractivity contribution in [3.05, 3.63) is 39.5 Å². The van der Waals surface area contributed by atoms with E-state index in [0.29, 0.717) is 30.0 Å².